The lowest BCUT2D eigenvalue weighted by molar-refractivity contribution is -0.167. The molecule has 5 heteroatoms. The van der Waals surface area contributed by atoms with E-state index in [2.05, 4.69) is 0 Å². The maximum atomic E-state index is 11.4. The van der Waals surface area contributed by atoms with Crippen molar-refractivity contribution in [2.75, 3.05) is 6.54 Å². The number of rotatable bonds is 9. The monoisotopic (exact) mass is 245 g/mol. The van der Waals surface area contributed by atoms with Crippen molar-refractivity contribution in [3.63, 3.8) is 0 Å². The smallest absolute Gasteiger partial charge is 0.306 e. The summed E-state index contributed by atoms with van der Waals surface area (Å²) in [6, 6.07) is 0. The van der Waals surface area contributed by atoms with Gasteiger partial charge in [-0.1, -0.05) is 26.7 Å². The number of hydrogen-bond donors (Lipinski definition) is 2. The first-order valence-corrected chi connectivity index (χ1v) is 6.24. The van der Waals surface area contributed by atoms with Gasteiger partial charge in [0.2, 0.25) is 5.91 Å². The van der Waals surface area contributed by atoms with E-state index in [-0.39, 0.29) is 12.5 Å². The Labute approximate surface area is 102 Å². The van der Waals surface area contributed by atoms with E-state index < -0.39 is 11.9 Å². The fourth-order valence-corrected chi connectivity index (χ4v) is 1.56. The van der Waals surface area contributed by atoms with E-state index in [4.69, 9.17) is 5.11 Å². The van der Waals surface area contributed by atoms with Gasteiger partial charge in [-0.3, -0.25) is 14.8 Å². The van der Waals surface area contributed by atoms with Crippen LogP contribution in [0.15, 0.2) is 0 Å². The minimum absolute atomic E-state index is 0.0930. The van der Waals surface area contributed by atoms with Crippen LogP contribution in [-0.4, -0.2) is 33.8 Å². The summed E-state index contributed by atoms with van der Waals surface area (Å²) in [5, 5.41) is 18.9. The highest BCUT2D eigenvalue weighted by Gasteiger charge is 2.18. The van der Waals surface area contributed by atoms with Gasteiger partial charge in [-0.05, 0) is 19.3 Å². The fraction of sp³-hybridized carbons (Fsp3) is 0.833. The van der Waals surface area contributed by atoms with Crippen molar-refractivity contribution in [2.45, 2.75) is 52.4 Å². The number of hydrogen-bond acceptors (Lipinski definition) is 3. The van der Waals surface area contributed by atoms with Gasteiger partial charge < -0.3 is 5.11 Å². The number of carbonyl (C=O) groups is 2. The van der Waals surface area contributed by atoms with E-state index in [9.17, 15) is 14.8 Å². The lowest BCUT2D eigenvalue weighted by Crippen LogP contribution is -2.30. The first-order chi connectivity index (χ1) is 8.02. The molecule has 0 aliphatic heterocycles. The van der Waals surface area contributed by atoms with E-state index in [1.54, 1.807) is 6.92 Å². The number of carboxylic acid groups (broad SMARTS) is 1. The van der Waals surface area contributed by atoms with Gasteiger partial charge in [0.05, 0.1) is 5.92 Å². The van der Waals surface area contributed by atoms with Crippen LogP contribution in [-0.2, 0) is 9.59 Å². The summed E-state index contributed by atoms with van der Waals surface area (Å²) in [5.74, 6) is -1.69. The van der Waals surface area contributed by atoms with Crippen molar-refractivity contribution in [1.82, 2.24) is 5.06 Å². The molecule has 1 amide bonds. The summed E-state index contributed by atoms with van der Waals surface area (Å²) >= 11 is 0. The standard InChI is InChI=1S/C12H23NO4/c1-3-5-6-7-11(14)13(17)9-8-10(4-2)12(15)16/h10,17H,3-9H2,1-2H3,(H,15,16)/t10-/m1/s1. The van der Waals surface area contributed by atoms with E-state index in [0.29, 0.717) is 24.3 Å². The second-order valence-corrected chi connectivity index (χ2v) is 4.21. The molecule has 0 heterocycles. The molecule has 0 saturated carbocycles. The van der Waals surface area contributed by atoms with Crippen LogP contribution in [0.4, 0.5) is 0 Å². The molecule has 0 bridgehead atoms. The van der Waals surface area contributed by atoms with Crippen molar-refractivity contribution < 1.29 is 19.9 Å². The summed E-state index contributed by atoms with van der Waals surface area (Å²) < 4.78 is 0. The van der Waals surface area contributed by atoms with Gasteiger partial charge in [-0.2, -0.15) is 0 Å². The number of carboxylic acids is 1. The summed E-state index contributed by atoms with van der Waals surface area (Å²) in [6.07, 6.45) is 3.88. The molecule has 0 aromatic rings. The van der Waals surface area contributed by atoms with Gasteiger partial charge in [0.25, 0.3) is 0 Å². The van der Waals surface area contributed by atoms with Gasteiger partial charge in [0.1, 0.15) is 0 Å². The maximum absolute atomic E-state index is 11.4. The summed E-state index contributed by atoms with van der Waals surface area (Å²) in [6.45, 7) is 3.92. The van der Waals surface area contributed by atoms with Crippen molar-refractivity contribution in [3.05, 3.63) is 0 Å². The Morgan fingerprint density at radius 1 is 1.24 bits per heavy atom. The zero-order chi connectivity index (χ0) is 13.3. The summed E-state index contributed by atoms with van der Waals surface area (Å²) in [4.78, 5) is 22.2. The Morgan fingerprint density at radius 2 is 1.88 bits per heavy atom. The van der Waals surface area contributed by atoms with Crippen LogP contribution in [0.2, 0.25) is 0 Å². The Kier molecular flexibility index (Phi) is 8.40. The third kappa shape index (κ3) is 6.94. The zero-order valence-electron chi connectivity index (χ0n) is 10.7. The Hall–Kier alpha value is -1.10. The normalized spacial score (nSPS) is 12.2. The number of unbranched alkanes of at least 4 members (excludes halogenated alkanes) is 2. The molecule has 17 heavy (non-hydrogen) atoms. The zero-order valence-corrected chi connectivity index (χ0v) is 10.7. The van der Waals surface area contributed by atoms with Crippen LogP contribution in [0.5, 0.6) is 0 Å². The quantitative estimate of drug-likeness (QED) is 0.371. The van der Waals surface area contributed by atoms with Crippen LogP contribution in [0.1, 0.15) is 52.4 Å². The third-order valence-electron chi connectivity index (χ3n) is 2.81. The van der Waals surface area contributed by atoms with E-state index in [1.807, 2.05) is 6.92 Å². The molecule has 0 radical (unpaired) electrons. The Balaban J connectivity index is 3.87. The lowest BCUT2D eigenvalue weighted by atomic mass is 10.0. The van der Waals surface area contributed by atoms with Crippen molar-refractivity contribution in [3.8, 4) is 0 Å². The average molecular weight is 245 g/mol. The second-order valence-electron chi connectivity index (χ2n) is 4.21. The number of nitrogens with zero attached hydrogens (tertiary/aromatic N) is 1. The van der Waals surface area contributed by atoms with Gasteiger partial charge in [0, 0.05) is 13.0 Å². The first kappa shape index (κ1) is 15.9. The van der Waals surface area contributed by atoms with Crippen molar-refractivity contribution in [1.29, 1.82) is 0 Å². The maximum Gasteiger partial charge on any atom is 0.306 e. The molecule has 0 aliphatic carbocycles. The molecule has 0 aromatic heterocycles. The van der Waals surface area contributed by atoms with Crippen molar-refractivity contribution >= 4 is 11.9 Å². The van der Waals surface area contributed by atoms with Gasteiger partial charge in [-0.25, -0.2) is 5.06 Å². The third-order valence-corrected chi connectivity index (χ3v) is 2.81. The van der Waals surface area contributed by atoms with Gasteiger partial charge >= 0.3 is 5.97 Å². The van der Waals surface area contributed by atoms with E-state index in [1.165, 1.54) is 0 Å². The van der Waals surface area contributed by atoms with Gasteiger partial charge in [-0.15, -0.1) is 0 Å². The van der Waals surface area contributed by atoms with Crippen LogP contribution in [0, 0.1) is 5.92 Å². The average Bonchev–Trinajstić information content (AvgIpc) is 2.29. The molecule has 0 aliphatic rings. The highest BCUT2D eigenvalue weighted by Crippen LogP contribution is 2.10. The predicted molar refractivity (Wildman–Crippen MR) is 63.7 cm³/mol. The van der Waals surface area contributed by atoms with Crippen LogP contribution in [0.25, 0.3) is 0 Å². The number of amides is 1. The number of hydroxylamine groups is 2. The Morgan fingerprint density at radius 3 is 2.35 bits per heavy atom. The van der Waals surface area contributed by atoms with Gasteiger partial charge in [0.15, 0.2) is 0 Å². The molecule has 2 N–H and O–H groups in total. The molecule has 0 saturated heterocycles. The molecule has 0 aromatic carbocycles. The molecule has 1 atom stereocenters. The highest BCUT2D eigenvalue weighted by atomic mass is 16.5. The Bertz CT molecular complexity index is 243. The molecular formula is C12H23NO4. The summed E-state index contributed by atoms with van der Waals surface area (Å²) in [5.41, 5.74) is 0. The molecule has 0 rings (SSSR count). The second kappa shape index (κ2) is 8.98. The minimum Gasteiger partial charge on any atom is -0.481 e. The largest absolute Gasteiger partial charge is 0.481 e. The number of aliphatic carboxylic acids is 1. The lowest BCUT2D eigenvalue weighted by Gasteiger charge is -2.17. The molecule has 0 fully saturated rings. The molecule has 5 nitrogen and oxygen atoms in total. The topological polar surface area (TPSA) is 77.8 Å². The SMILES string of the molecule is CCCCCC(=O)N(O)CC[C@@H](CC)C(=O)O. The number of carbonyl (C=O) groups excluding carboxylic acids is 1. The molecule has 0 spiro atoms. The van der Waals surface area contributed by atoms with Crippen LogP contribution < -0.4 is 0 Å². The molecular weight excluding hydrogens is 222 g/mol. The molecule has 100 valence electrons. The minimum atomic E-state index is -0.876. The first-order valence-electron chi connectivity index (χ1n) is 6.24. The van der Waals surface area contributed by atoms with Crippen LogP contribution in [0.3, 0.4) is 0 Å². The predicted octanol–water partition coefficient (Wildman–Crippen LogP) is 2.29. The summed E-state index contributed by atoms with van der Waals surface area (Å²) in [7, 11) is 0. The molecule has 0 unspecified atom stereocenters. The van der Waals surface area contributed by atoms with Crippen molar-refractivity contribution in [2.24, 2.45) is 5.92 Å². The fourth-order valence-electron chi connectivity index (χ4n) is 1.56. The highest BCUT2D eigenvalue weighted by molar-refractivity contribution is 5.75. The van der Waals surface area contributed by atoms with E-state index >= 15 is 0 Å². The van der Waals surface area contributed by atoms with Crippen LogP contribution >= 0.6 is 0 Å². The van der Waals surface area contributed by atoms with E-state index in [0.717, 1.165) is 19.3 Å².